The molecule has 0 unspecified atom stereocenters. The quantitative estimate of drug-likeness (QED) is 0.444. The number of carbonyl (C=O) groups is 1. The Morgan fingerprint density at radius 2 is 2.36 bits per heavy atom. The van der Waals surface area contributed by atoms with E-state index < -0.39 is 0 Å². The fourth-order valence-electron chi connectivity index (χ4n) is 0.870. The number of hydrogen-bond donors (Lipinski definition) is 2. The summed E-state index contributed by atoms with van der Waals surface area (Å²) in [5.41, 5.74) is 1.47. The molecule has 6 heteroatoms. The van der Waals surface area contributed by atoms with E-state index in [0.29, 0.717) is 12.3 Å². The maximum absolute atomic E-state index is 11.1. The van der Waals surface area contributed by atoms with Gasteiger partial charge in [-0.05, 0) is 25.5 Å². The Morgan fingerprint density at radius 1 is 1.79 bits per heavy atom. The number of aryl methyl sites for hydroxylation is 1. The number of carbonyl (C=O) groups excluding carboxylic acids is 1. The third-order valence-electron chi connectivity index (χ3n) is 1.43. The molecular weight excluding hydrogens is 199 g/mol. The van der Waals surface area contributed by atoms with E-state index in [9.17, 15) is 4.79 Å². The molecule has 0 fully saturated rings. The molecule has 0 aliphatic carbocycles. The fraction of sp³-hybridized carbons (Fsp3) is 0.375. The van der Waals surface area contributed by atoms with Crippen LogP contribution < -0.4 is 0 Å². The Balaban J connectivity index is 0.000000500. The first kappa shape index (κ1) is 13.0. The summed E-state index contributed by atoms with van der Waals surface area (Å²) in [6.07, 6.45) is 1.72. The predicted octanol–water partition coefficient (Wildman–Crippen LogP) is 1.68. The number of hydrogen-bond acceptors (Lipinski definition) is 4. The van der Waals surface area contributed by atoms with Gasteiger partial charge >= 0.3 is 30.7 Å². The zero-order valence-corrected chi connectivity index (χ0v) is 9.04. The van der Waals surface area contributed by atoms with E-state index in [-0.39, 0.29) is 5.97 Å². The number of ether oxygens (including phenoxy) is 1. The van der Waals surface area contributed by atoms with Gasteiger partial charge in [-0.1, -0.05) is 0 Å². The molecule has 1 heterocycles. The normalized spacial score (nSPS) is 8.43. The molecule has 0 amide bonds. The van der Waals surface area contributed by atoms with Crippen LogP contribution in [0.4, 0.5) is 0 Å². The third-order valence-corrected chi connectivity index (χ3v) is 1.43. The van der Waals surface area contributed by atoms with Crippen molar-refractivity contribution in [2.75, 3.05) is 6.61 Å². The Labute approximate surface area is 89.7 Å². The van der Waals surface area contributed by atoms with Crippen LogP contribution in [0.15, 0.2) is 16.6 Å². The molecule has 0 saturated carbocycles. The monoisotopic (exact) mass is 211 g/mol. The van der Waals surface area contributed by atoms with Crippen molar-refractivity contribution in [1.82, 2.24) is 4.98 Å². The van der Waals surface area contributed by atoms with Crippen LogP contribution in [0.3, 0.4) is 0 Å². The van der Waals surface area contributed by atoms with Gasteiger partial charge in [-0.15, -0.1) is 0 Å². The number of aromatic amines is 1. The number of H-pyrrole nitrogens is 1. The van der Waals surface area contributed by atoms with Gasteiger partial charge in [0.05, 0.1) is 6.61 Å². The number of nitrogens with one attached hydrogen (secondary N) is 1. The number of nitrogens with zero attached hydrogens (tertiary/aromatic N) is 1. The van der Waals surface area contributed by atoms with Crippen molar-refractivity contribution >= 4 is 26.4 Å². The summed E-state index contributed by atoms with van der Waals surface area (Å²) in [6, 6.07) is 1.84. The molecule has 0 atom stereocenters. The Hall–Kier alpha value is -1.04. The summed E-state index contributed by atoms with van der Waals surface area (Å²) >= 11 is 3.19. The van der Waals surface area contributed by atoms with Gasteiger partial charge in [-0.2, -0.15) is 0 Å². The molecule has 0 bridgehead atoms. The van der Waals surface area contributed by atoms with E-state index in [1.807, 2.05) is 13.0 Å². The van der Waals surface area contributed by atoms with Gasteiger partial charge < -0.3 is 9.72 Å². The van der Waals surface area contributed by atoms with Crippen LogP contribution in [0.1, 0.15) is 23.0 Å². The zero-order valence-electron chi connectivity index (χ0n) is 8.15. The minimum atomic E-state index is -0.282. The molecule has 0 aliphatic heterocycles. The van der Waals surface area contributed by atoms with Gasteiger partial charge in [0.25, 0.3) is 0 Å². The molecule has 4 nitrogen and oxygen atoms in total. The molecule has 1 aromatic heterocycles. The van der Waals surface area contributed by atoms with Gasteiger partial charge in [0, 0.05) is 6.20 Å². The van der Waals surface area contributed by atoms with Crippen molar-refractivity contribution in [1.29, 1.82) is 0 Å². The predicted molar refractivity (Wildman–Crippen MR) is 58.7 cm³/mol. The zero-order chi connectivity index (χ0) is 11.0. The van der Waals surface area contributed by atoms with E-state index in [4.69, 9.17) is 4.74 Å². The van der Waals surface area contributed by atoms with E-state index in [1.54, 1.807) is 13.1 Å². The number of thiol groups is 1. The van der Waals surface area contributed by atoms with Gasteiger partial charge in [-0.25, -0.2) is 4.79 Å². The van der Waals surface area contributed by atoms with Crippen LogP contribution in [0, 0.1) is 6.92 Å². The second-order valence-electron chi connectivity index (χ2n) is 2.37. The first-order chi connectivity index (χ1) is 6.67. The van der Waals surface area contributed by atoms with E-state index >= 15 is 0 Å². The topological polar surface area (TPSA) is 54.5 Å². The number of esters is 1. The van der Waals surface area contributed by atoms with Crippen molar-refractivity contribution in [2.24, 2.45) is 4.30 Å². The molecule has 1 N–H and O–H groups in total. The van der Waals surface area contributed by atoms with Crippen molar-refractivity contribution in [3.63, 3.8) is 0 Å². The van der Waals surface area contributed by atoms with Gasteiger partial charge in [0.1, 0.15) is 5.69 Å². The molecule has 1 aromatic rings. The van der Waals surface area contributed by atoms with Crippen LogP contribution in [-0.2, 0) is 4.74 Å². The summed E-state index contributed by atoms with van der Waals surface area (Å²) in [7, 11) is 4.34. The average molecular weight is 211 g/mol. The summed E-state index contributed by atoms with van der Waals surface area (Å²) in [6.45, 7) is 4.07. The van der Waals surface area contributed by atoms with Crippen LogP contribution >= 0.6 is 12.8 Å². The van der Waals surface area contributed by atoms with E-state index in [1.165, 1.54) is 0 Å². The molecule has 14 heavy (non-hydrogen) atoms. The van der Waals surface area contributed by atoms with E-state index in [0.717, 1.165) is 5.56 Å². The summed E-state index contributed by atoms with van der Waals surface area (Å²) < 4.78 is 7.49. The maximum atomic E-state index is 11.1. The van der Waals surface area contributed by atoms with Crippen molar-refractivity contribution in [3.8, 4) is 0 Å². The van der Waals surface area contributed by atoms with Gasteiger partial charge in [0.15, 0.2) is 0 Å². The van der Waals surface area contributed by atoms with Crippen LogP contribution in [-0.4, -0.2) is 25.2 Å². The Kier molecular flexibility index (Phi) is 6.83. The van der Waals surface area contributed by atoms with Crippen LogP contribution in [0.5, 0.6) is 0 Å². The van der Waals surface area contributed by atoms with Gasteiger partial charge in [-0.3, -0.25) is 0 Å². The Bertz CT molecular complexity index is 301. The average Bonchev–Trinajstić information content (AvgIpc) is 2.53. The SMILES string of the molecule is CCOC(=O)c1[nH]ccc1C.[B]=NS. The van der Waals surface area contributed by atoms with E-state index in [2.05, 4.69) is 29.7 Å². The molecule has 0 aliphatic rings. The second kappa shape index (κ2) is 7.38. The molecule has 0 saturated heterocycles. The number of rotatable bonds is 2. The van der Waals surface area contributed by atoms with Crippen molar-refractivity contribution in [2.45, 2.75) is 13.8 Å². The molecule has 1 radical (unpaired) electrons. The molecule has 1 rings (SSSR count). The first-order valence-corrected chi connectivity index (χ1v) is 4.42. The molecular formula is C8H12BN2O2S. The Morgan fingerprint density at radius 3 is 2.71 bits per heavy atom. The molecule has 0 spiro atoms. The minimum absolute atomic E-state index is 0.282. The fourth-order valence-corrected chi connectivity index (χ4v) is 0.870. The van der Waals surface area contributed by atoms with Gasteiger partial charge in [0.2, 0.25) is 0 Å². The van der Waals surface area contributed by atoms with Crippen LogP contribution in [0.2, 0.25) is 0 Å². The van der Waals surface area contributed by atoms with Crippen molar-refractivity contribution < 1.29 is 9.53 Å². The van der Waals surface area contributed by atoms with Crippen molar-refractivity contribution in [3.05, 3.63) is 23.5 Å². The van der Waals surface area contributed by atoms with Crippen LogP contribution in [0.25, 0.3) is 0 Å². The summed E-state index contributed by atoms with van der Waals surface area (Å²) in [4.78, 5) is 13.9. The molecule has 75 valence electrons. The molecule has 0 aromatic carbocycles. The first-order valence-electron chi connectivity index (χ1n) is 4.02. The number of aromatic nitrogens is 1. The second-order valence-corrected chi connectivity index (χ2v) is 2.60. The summed E-state index contributed by atoms with van der Waals surface area (Å²) in [5, 5.41) is 0. The standard InChI is InChI=1S/C8H11NO2.BHNS/c1-3-11-8(10)7-6(2)4-5-9-7;1-2-3/h4-5,9H,3H2,1-2H3;3H. The third kappa shape index (κ3) is 4.27. The summed E-state index contributed by atoms with van der Waals surface area (Å²) in [5.74, 6) is -0.282.